The van der Waals surface area contributed by atoms with Gasteiger partial charge in [0, 0.05) is 24.7 Å². The number of carbonyl (C=O) groups excluding carboxylic acids is 1. The fourth-order valence-corrected chi connectivity index (χ4v) is 3.12. The number of aromatic amines is 1. The highest BCUT2D eigenvalue weighted by molar-refractivity contribution is 5.92. The van der Waals surface area contributed by atoms with Crippen LogP contribution < -0.4 is 4.74 Å². The van der Waals surface area contributed by atoms with Crippen molar-refractivity contribution >= 4 is 16.8 Å². The number of rotatable bonds is 5. The first-order valence-electron chi connectivity index (χ1n) is 8.42. The highest BCUT2D eigenvalue weighted by Gasteiger charge is 2.28. The van der Waals surface area contributed by atoms with E-state index < -0.39 is 0 Å². The van der Waals surface area contributed by atoms with Crippen molar-refractivity contribution in [1.29, 1.82) is 0 Å². The molecule has 3 aromatic rings. The first-order chi connectivity index (χ1) is 12.2. The lowest BCUT2D eigenvalue weighted by molar-refractivity contribution is -0.140. The number of amides is 1. The highest BCUT2D eigenvalue weighted by Crippen LogP contribution is 2.28. The Hall–Kier alpha value is -2.79. The summed E-state index contributed by atoms with van der Waals surface area (Å²) in [5.41, 5.74) is 2.97. The number of carbonyl (C=O) groups is 1. The summed E-state index contributed by atoms with van der Waals surface area (Å²) >= 11 is 0. The van der Waals surface area contributed by atoms with Crippen molar-refractivity contribution in [2.24, 2.45) is 0 Å². The molecule has 1 aromatic heterocycles. The van der Waals surface area contributed by atoms with Gasteiger partial charge in [-0.3, -0.25) is 4.79 Å². The molecule has 128 valence electrons. The van der Waals surface area contributed by atoms with Crippen molar-refractivity contribution in [1.82, 2.24) is 9.88 Å². The number of hydrogen-bond donors (Lipinski definition) is 2. The number of aromatic nitrogens is 1. The molecule has 0 radical (unpaired) electrons. The molecule has 1 aliphatic rings. The van der Waals surface area contributed by atoms with Gasteiger partial charge in [0.05, 0.1) is 18.0 Å². The SMILES string of the molecule is O=C(Cc1c[nH]c2c(OCc3ccccc3)cccc12)N1CC(O)C1. The van der Waals surface area contributed by atoms with Gasteiger partial charge in [-0.2, -0.15) is 0 Å². The largest absolute Gasteiger partial charge is 0.487 e. The smallest absolute Gasteiger partial charge is 0.227 e. The average molecular weight is 336 g/mol. The van der Waals surface area contributed by atoms with Crippen molar-refractivity contribution < 1.29 is 14.6 Å². The van der Waals surface area contributed by atoms with E-state index in [4.69, 9.17) is 4.74 Å². The van der Waals surface area contributed by atoms with Crippen molar-refractivity contribution in [3.63, 3.8) is 0 Å². The Morgan fingerprint density at radius 2 is 1.96 bits per heavy atom. The van der Waals surface area contributed by atoms with Gasteiger partial charge in [0.1, 0.15) is 12.4 Å². The van der Waals surface area contributed by atoms with Gasteiger partial charge in [-0.25, -0.2) is 0 Å². The van der Waals surface area contributed by atoms with Gasteiger partial charge >= 0.3 is 0 Å². The summed E-state index contributed by atoms with van der Waals surface area (Å²) in [6.07, 6.45) is 1.83. The molecule has 5 heteroatoms. The molecule has 1 amide bonds. The number of hydrogen-bond acceptors (Lipinski definition) is 3. The van der Waals surface area contributed by atoms with E-state index in [0.29, 0.717) is 26.1 Å². The Bertz CT molecular complexity index is 882. The summed E-state index contributed by atoms with van der Waals surface area (Å²) in [5.74, 6) is 0.821. The summed E-state index contributed by atoms with van der Waals surface area (Å²) < 4.78 is 5.96. The van der Waals surface area contributed by atoms with E-state index in [-0.39, 0.29) is 12.0 Å². The molecule has 0 bridgehead atoms. The van der Waals surface area contributed by atoms with Crippen LogP contribution in [-0.4, -0.2) is 40.1 Å². The molecule has 2 aromatic carbocycles. The van der Waals surface area contributed by atoms with Crippen LogP contribution in [0.5, 0.6) is 5.75 Å². The minimum Gasteiger partial charge on any atom is -0.487 e. The van der Waals surface area contributed by atoms with E-state index >= 15 is 0 Å². The minimum atomic E-state index is -0.370. The fraction of sp³-hybridized carbons (Fsp3) is 0.250. The molecule has 0 spiro atoms. The van der Waals surface area contributed by atoms with Gasteiger partial charge in [0.25, 0.3) is 0 Å². The van der Waals surface area contributed by atoms with Crippen LogP contribution in [0, 0.1) is 0 Å². The Labute approximate surface area is 145 Å². The molecule has 2 N–H and O–H groups in total. The van der Waals surface area contributed by atoms with Crippen LogP contribution in [0.25, 0.3) is 10.9 Å². The second kappa shape index (κ2) is 6.61. The fourth-order valence-electron chi connectivity index (χ4n) is 3.12. The van der Waals surface area contributed by atoms with E-state index in [1.165, 1.54) is 0 Å². The predicted molar refractivity (Wildman–Crippen MR) is 95.4 cm³/mol. The van der Waals surface area contributed by atoms with Gasteiger partial charge in [0.2, 0.25) is 5.91 Å². The summed E-state index contributed by atoms with van der Waals surface area (Å²) in [6.45, 7) is 1.37. The molecule has 0 aliphatic carbocycles. The molecule has 4 rings (SSSR count). The average Bonchev–Trinajstić information content (AvgIpc) is 3.01. The first-order valence-corrected chi connectivity index (χ1v) is 8.42. The molecular weight excluding hydrogens is 316 g/mol. The van der Waals surface area contributed by atoms with Gasteiger partial charge in [-0.15, -0.1) is 0 Å². The maximum atomic E-state index is 12.2. The van der Waals surface area contributed by atoms with Crippen molar-refractivity contribution in [3.05, 3.63) is 65.9 Å². The molecule has 2 heterocycles. The Morgan fingerprint density at radius 3 is 2.72 bits per heavy atom. The van der Waals surface area contributed by atoms with Crippen LogP contribution >= 0.6 is 0 Å². The van der Waals surface area contributed by atoms with Crippen LogP contribution in [0.2, 0.25) is 0 Å². The highest BCUT2D eigenvalue weighted by atomic mass is 16.5. The molecule has 0 saturated carbocycles. The van der Waals surface area contributed by atoms with Crippen molar-refractivity contribution in [2.45, 2.75) is 19.1 Å². The number of β-amino-alcohol motifs (C(OH)–C–C–N with tert-alkyl or cyclic N) is 1. The van der Waals surface area contributed by atoms with Gasteiger partial charge < -0.3 is 19.7 Å². The van der Waals surface area contributed by atoms with Crippen LogP contribution in [0.15, 0.2) is 54.7 Å². The Kier molecular flexibility index (Phi) is 4.15. The lowest BCUT2D eigenvalue weighted by Crippen LogP contribution is -2.53. The van der Waals surface area contributed by atoms with Gasteiger partial charge in [-0.1, -0.05) is 42.5 Å². The monoisotopic (exact) mass is 336 g/mol. The zero-order valence-corrected chi connectivity index (χ0v) is 13.8. The summed E-state index contributed by atoms with van der Waals surface area (Å²) in [6, 6.07) is 15.9. The number of aliphatic hydroxyl groups excluding tert-OH is 1. The number of H-pyrrole nitrogens is 1. The number of nitrogens with one attached hydrogen (secondary N) is 1. The number of fused-ring (bicyclic) bond motifs is 1. The molecule has 1 fully saturated rings. The van der Waals surface area contributed by atoms with Crippen molar-refractivity contribution in [3.8, 4) is 5.75 Å². The molecular formula is C20H20N2O3. The van der Waals surface area contributed by atoms with Crippen LogP contribution in [-0.2, 0) is 17.8 Å². The maximum Gasteiger partial charge on any atom is 0.227 e. The van der Waals surface area contributed by atoms with Gasteiger partial charge in [-0.05, 0) is 17.2 Å². The van der Waals surface area contributed by atoms with Crippen molar-refractivity contribution in [2.75, 3.05) is 13.1 Å². The number of para-hydroxylation sites is 1. The third-order valence-corrected chi connectivity index (χ3v) is 4.56. The summed E-state index contributed by atoms with van der Waals surface area (Å²) in [4.78, 5) is 17.2. The molecule has 1 aliphatic heterocycles. The zero-order valence-electron chi connectivity index (χ0n) is 13.8. The van der Waals surface area contributed by atoms with E-state index in [9.17, 15) is 9.90 Å². The third kappa shape index (κ3) is 3.23. The number of likely N-dealkylation sites (tertiary alicyclic amines) is 1. The predicted octanol–water partition coefficient (Wildman–Crippen LogP) is 2.49. The lowest BCUT2D eigenvalue weighted by atomic mass is 10.1. The number of benzene rings is 2. The Balaban J connectivity index is 1.50. The number of ether oxygens (including phenoxy) is 1. The lowest BCUT2D eigenvalue weighted by Gasteiger charge is -2.35. The van der Waals surface area contributed by atoms with Crippen LogP contribution in [0.1, 0.15) is 11.1 Å². The van der Waals surface area contributed by atoms with E-state index in [1.807, 2.05) is 54.7 Å². The molecule has 1 saturated heterocycles. The summed E-state index contributed by atoms with van der Waals surface area (Å²) in [7, 11) is 0. The number of aliphatic hydroxyl groups is 1. The van der Waals surface area contributed by atoms with Gasteiger partial charge in [0.15, 0.2) is 0 Å². The minimum absolute atomic E-state index is 0.0433. The molecule has 0 unspecified atom stereocenters. The third-order valence-electron chi connectivity index (χ3n) is 4.56. The van der Waals surface area contributed by atoms with E-state index in [1.54, 1.807) is 4.90 Å². The maximum absolute atomic E-state index is 12.2. The second-order valence-corrected chi connectivity index (χ2v) is 6.40. The summed E-state index contributed by atoms with van der Waals surface area (Å²) in [5, 5.41) is 10.3. The van der Waals surface area contributed by atoms with Crippen LogP contribution in [0.4, 0.5) is 0 Å². The molecule has 25 heavy (non-hydrogen) atoms. The molecule has 0 atom stereocenters. The molecule has 5 nitrogen and oxygen atoms in total. The zero-order chi connectivity index (χ0) is 17.2. The first kappa shape index (κ1) is 15.7. The number of nitrogens with zero attached hydrogens (tertiary/aromatic N) is 1. The van der Waals surface area contributed by atoms with E-state index in [2.05, 4.69) is 4.98 Å². The standard InChI is InChI=1S/C20H20N2O3/c23-16-11-22(12-16)19(24)9-15-10-21-20-17(15)7-4-8-18(20)25-13-14-5-2-1-3-6-14/h1-8,10,16,21,23H,9,11-13H2. The normalized spacial score (nSPS) is 14.5. The van der Waals surface area contributed by atoms with E-state index in [0.717, 1.165) is 27.8 Å². The quantitative estimate of drug-likeness (QED) is 0.752. The second-order valence-electron chi connectivity index (χ2n) is 6.40. The van der Waals surface area contributed by atoms with Crippen LogP contribution in [0.3, 0.4) is 0 Å². The topological polar surface area (TPSA) is 65.6 Å². The Morgan fingerprint density at radius 1 is 1.16 bits per heavy atom.